The van der Waals surface area contributed by atoms with E-state index in [0.717, 1.165) is 53.5 Å². The number of aromatic nitrogens is 1. The van der Waals surface area contributed by atoms with Gasteiger partial charge in [0.25, 0.3) is 0 Å². The fraction of sp³-hybridized carbons (Fsp3) is 0.310. The van der Waals surface area contributed by atoms with Gasteiger partial charge in [-0.15, -0.1) is 0 Å². The lowest BCUT2D eigenvalue weighted by Crippen LogP contribution is -2.21. The summed E-state index contributed by atoms with van der Waals surface area (Å²) in [6.07, 6.45) is 7.50. The van der Waals surface area contributed by atoms with Crippen molar-refractivity contribution in [1.82, 2.24) is 4.98 Å². The number of aliphatic carboxylic acids is 1. The van der Waals surface area contributed by atoms with Crippen molar-refractivity contribution in [3.63, 3.8) is 0 Å². The van der Waals surface area contributed by atoms with Crippen molar-refractivity contribution in [1.29, 1.82) is 0 Å². The normalized spacial score (nSPS) is 16.9. The number of benzene rings is 2. The molecule has 2 aromatic carbocycles. The van der Waals surface area contributed by atoms with E-state index in [1.807, 2.05) is 18.2 Å². The maximum Gasteiger partial charge on any atom is 0.306 e. The fourth-order valence-electron chi connectivity index (χ4n) is 5.16. The second-order valence-corrected chi connectivity index (χ2v) is 9.40. The summed E-state index contributed by atoms with van der Waals surface area (Å²) in [5.41, 5.74) is 6.58. The molecule has 0 saturated heterocycles. The predicted molar refractivity (Wildman–Crippen MR) is 131 cm³/mol. The highest BCUT2D eigenvalue weighted by atomic mass is 19.1. The minimum absolute atomic E-state index is 0.0231. The van der Waals surface area contributed by atoms with Crippen LogP contribution in [-0.2, 0) is 11.2 Å². The number of allylic oxidation sites excluding steroid dienone is 1. The standard InChI is InChI=1S/C29H28FNO3/c1-17(29(32)33)28(19-5-6-19)23-8-4-18-3-7-22(13-24(18)14-23)25-10-9-20(15-26(25)30)21-11-12-31-27(16-21)34-2/h4,8-17,19,28H,3,5-7H2,1-2H3,(H,32,33)/t17-,28?/m0/s1. The molecule has 2 aliphatic carbocycles. The van der Waals surface area contributed by atoms with Crippen molar-refractivity contribution in [2.24, 2.45) is 11.8 Å². The lowest BCUT2D eigenvalue weighted by atomic mass is 9.80. The lowest BCUT2D eigenvalue weighted by Gasteiger charge is -2.24. The molecule has 2 atom stereocenters. The maximum atomic E-state index is 15.2. The first-order chi connectivity index (χ1) is 16.4. The molecule has 0 spiro atoms. The number of pyridine rings is 1. The molecule has 0 amide bonds. The van der Waals surface area contributed by atoms with E-state index in [4.69, 9.17) is 4.74 Å². The van der Waals surface area contributed by atoms with Crippen molar-refractivity contribution in [3.8, 4) is 17.0 Å². The molecule has 2 aliphatic rings. The highest BCUT2D eigenvalue weighted by molar-refractivity contribution is 5.85. The van der Waals surface area contributed by atoms with Crippen molar-refractivity contribution in [2.45, 2.75) is 38.5 Å². The number of halogens is 1. The number of rotatable bonds is 7. The number of methoxy groups -OCH3 is 1. The molecule has 1 aromatic heterocycles. The van der Waals surface area contributed by atoms with Crippen LogP contribution in [-0.4, -0.2) is 23.2 Å². The molecule has 3 aromatic rings. The van der Waals surface area contributed by atoms with Gasteiger partial charge in [-0.05, 0) is 83.0 Å². The number of hydrogen-bond acceptors (Lipinski definition) is 3. The van der Waals surface area contributed by atoms with Crippen LogP contribution in [0, 0.1) is 17.7 Å². The first kappa shape index (κ1) is 22.3. The highest BCUT2D eigenvalue weighted by Crippen LogP contribution is 2.47. The Labute approximate surface area is 199 Å². The Balaban J connectivity index is 1.46. The predicted octanol–water partition coefficient (Wildman–Crippen LogP) is 6.60. The lowest BCUT2D eigenvalue weighted by molar-refractivity contribution is -0.142. The minimum Gasteiger partial charge on any atom is -0.481 e. The molecule has 1 unspecified atom stereocenters. The van der Waals surface area contributed by atoms with E-state index < -0.39 is 11.9 Å². The van der Waals surface area contributed by atoms with E-state index in [0.29, 0.717) is 17.4 Å². The molecule has 1 fully saturated rings. The van der Waals surface area contributed by atoms with Gasteiger partial charge in [0.05, 0.1) is 13.0 Å². The molecule has 5 rings (SSSR count). The van der Waals surface area contributed by atoms with Gasteiger partial charge in [0.1, 0.15) is 5.82 Å². The van der Waals surface area contributed by atoms with Crippen molar-refractivity contribution < 1.29 is 19.0 Å². The van der Waals surface area contributed by atoms with E-state index in [1.165, 1.54) is 5.56 Å². The molecule has 4 nitrogen and oxygen atoms in total. The third-order valence-electron chi connectivity index (χ3n) is 7.20. The van der Waals surface area contributed by atoms with Gasteiger partial charge >= 0.3 is 5.97 Å². The molecule has 1 heterocycles. The summed E-state index contributed by atoms with van der Waals surface area (Å²) in [7, 11) is 1.56. The van der Waals surface area contributed by atoms with Gasteiger partial charge in [-0.2, -0.15) is 0 Å². The van der Waals surface area contributed by atoms with Gasteiger partial charge in [0.2, 0.25) is 5.88 Å². The first-order valence-electron chi connectivity index (χ1n) is 11.8. The van der Waals surface area contributed by atoms with Gasteiger partial charge in [-0.25, -0.2) is 9.37 Å². The quantitative estimate of drug-likeness (QED) is 0.434. The summed E-state index contributed by atoms with van der Waals surface area (Å²) in [5.74, 6) is -0.474. The van der Waals surface area contributed by atoms with E-state index in [2.05, 4.69) is 29.3 Å². The first-order valence-corrected chi connectivity index (χ1v) is 11.8. The van der Waals surface area contributed by atoms with Gasteiger partial charge < -0.3 is 9.84 Å². The number of aryl methyl sites for hydroxylation is 1. The Morgan fingerprint density at radius 1 is 1.09 bits per heavy atom. The third-order valence-corrected chi connectivity index (χ3v) is 7.20. The minimum atomic E-state index is -0.750. The van der Waals surface area contributed by atoms with Crippen LogP contribution < -0.4 is 4.74 Å². The maximum absolute atomic E-state index is 15.2. The molecule has 0 aliphatic heterocycles. The number of carbonyl (C=O) groups is 1. The van der Waals surface area contributed by atoms with Crippen LogP contribution in [0.4, 0.5) is 4.39 Å². The van der Waals surface area contributed by atoms with Crippen LogP contribution in [0.5, 0.6) is 5.88 Å². The Hall–Kier alpha value is -3.47. The molecule has 5 heteroatoms. The zero-order valence-corrected chi connectivity index (χ0v) is 19.4. The molecule has 34 heavy (non-hydrogen) atoms. The zero-order chi connectivity index (χ0) is 23.8. The van der Waals surface area contributed by atoms with Crippen LogP contribution in [0.1, 0.15) is 54.4 Å². The number of carboxylic acid groups (broad SMARTS) is 1. The molecular weight excluding hydrogens is 429 g/mol. The summed E-state index contributed by atoms with van der Waals surface area (Å²) in [4.78, 5) is 15.8. The van der Waals surface area contributed by atoms with E-state index in [9.17, 15) is 9.90 Å². The Bertz CT molecular complexity index is 1280. The van der Waals surface area contributed by atoms with Crippen LogP contribution in [0.3, 0.4) is 0 Å². The molecule has 174 valence electrons. The van der Waals surface area contributed by atoms with Crippen molar-refractivity contribution >= 4 is 17.6 Å². The topological polar surface area (TPSA) is 59.4 Å². The van der Waals surface area contributed by atoms with Crippen LogP contribution in [0.2, 0.25) is 0 Å². The van der Waals surface area contributed by atoms with Crippen molar-refractivity contribution in [2.75, 3.05) is 7.11 Å². The molecular formula is C29H28FNO3. The fourth-order valence-corrected chi connectivity index (χ4v) is 5.16. The van der Waals surface area contributed by atoms with Crippen LogP contribution in [0.15, 0.2) is 54.7 Å². The monoisotopic (exact) mass is 457 g/mol. The second-order valence-electron chi connectivity index (χ2n) is 9.40. The summed E-state index contributed by atoms with van der Waals surface area (Å²) < 4.78 is 20.4. The number of hydrogen-bond donors (Lipinski definition) is 1. The number of ether oxygens (including phenoxy) is 1. The number of nitrogens with zero attached hydrogens (tertiary/aromatic N) is 1. The third kappa shape index (κ3) is 4.35. The number of carboxylic acids is 1. The highest BCUT2D eigenvalue weighted by Gasteiger charge is 2.38. The van der Waals surface area contributed by atoms with Crippen LogP contribution >= 0.6 is 0 Å². The Kier molecular flexibility index (Phi) is 5.94. The smallest absolute Gasteiger partial charge is 0.306 e. The average molecular weight is 458 g/mol. The van der Waals surface area contributed by atoms with E-state index in [1.54, 1.807) is 32.4 Å². The average Bonchev–Trinajstić information content (AvgIpc) is 3.68. The Morgan fingerprint density at radius 3 is 2.59 bits per heavy atom. The van der Waals surface area contributed by atoms with Crippen LogP contribution in [0.25, 0.3) is 22.8 Å². The number of fused-ring (bicyclic) bond motifs is 1. The van der Waals surface area contributed by atoms with Crippen molar-refractivity contribution in [3.05, 3.63) is 82.8 Å². The van der Waals surface area contributed by atoms with Gasteiger partial charge in [-0.3, -0.25) is 4.79 Å². The summed E-state index contributed by atoms with van der Waals surface area (Å²) >= 11 is 0. The van der Waals surface area contributed by atoms with Gasteiger partial charge in [0.15, 0.2) is 0 Å². The largest absolute Gasteiger partial charge is 0.481 e. The van der Waals surface area contributed by atoms with E-state index in [-0.39, 0.29) is 11.7 Å². The SMILES string of the molecule is COc1cc(-c2ccc(C3=Cc4cc(C(C5CC5)[C@H](C)C(=O)O)ccc4CC3)c(F)c2)ccn1. The molecule has 1 N–H and O–H groups in total. The van der Waals surface area contributed by atoms with Gasteiger partial charge in [0, 0.05) is 17.8 Å². The van der Waals surface area contributed by atoms with Gasteiger partial charge in [-0.1, -0.05) is 43.3 Å². The van der Waals surface area contributed by atoms with E-state index >= 15 is 4.39 Å². The Morgan fingerprint density at radius 2 is 1.88 bits per heavy atom. The summed E-state index contributed by atoms with van der Waals surface area (Å²) in [6, 6.07) is 15.3. The molecule has 1 saturated carbocycles. The molecule has 0 bridgehead atoms. The zero-order valence-electron chi connectivity index (χ0n) is 19.4. The summed E-state index contributed by atoms with van der Waals surface area (Å²) in [5, 5.41) is 9.62. The second kappa shape index (κ2) is 9.05. The molecule has 0 radical (unpaired) electrons. The summed E-state index contributed by atoms with van der Waals surface area (Å²) in [6.45, 7) is 1.81.